The van der Waals surface area contributed by atoms with Gasteiger partial charge in [-0.1, -0.05) is 23.7 Å². The molecule has 0 saturated carbocycles. The Balaban J connectivity index is 2.18. The fraction of sp³-hybridized carbons (Fsp3) is 0.200. The average molecular weight is 294 g/mol. The van der Waals surface area contributed by atoms with Gasteiger partial charge in [-0.05, 0) is 23.8 Å². The van der Waals surface area contributed by atoms with Gasteiger partial charge in [0.05, 0.1) is 19.2 Å². The van der Waals surface area contributed by atoms with Gasteiger partial charge in [0.15, 0.2) is 11.5 Å². The number of rotatable bonds is 5. The fourth-order valence-electron chi connectivity index (χ4n) is 1.88. The van der Waals surface area contributed by atoms with Crippen molar-refractivity contribution in [2.75, 3.05) is 19.5 Å². The number of benzene rings is 2. The molecule has 2 aromatic rings. The highest BCUT2D eigenvalue weighted by Crippen LogP contribution is 2.37. The lowest BCUT2D eigenvalue weighted by molar-refractivity contribution is 0.355. The largest absolute Gasteiger partial charge is 0.508 e. The Morgan fingerprint density at radius 2 is 1.95 bits per heavy atom. The molecule has 0 radical (unpaired) electrons. The van der Waals surface area contributed by atoms with E-state index in [1.807, 2.05) is 18.2 Å². The highest BCUT2D eigenvalue weighted by Gasteiger charge is 2.12. The molecule has 2 rings (SSSR count). The Labute approximate surface area is 122 Å². The molecule has 0 atom stereocenters. The summed E-state index contributed by atoms with van der Waals surface area (Å²) in [6.07, 6.45) is 0. The molecule has 106 valence electrons. The maximum atomic E-state index is 9.41. The Bertz CT molecular complexity index is 602. The molecule has 0 amide bonds. The quantitative estimate of drug-likeness (QED) is 0.883. The summed E-state index contributed by atoms with van der Waals surface area (Å²) in [6.45, 7) is 0.517. The Morgan fingerprint density at radius 3 is 2.60 bits per heavy atom. The van der Waals surface area contributed by atoms with E-state index in [1.165, 1.54) is 0 Å². The number of phenolic OH excluding ortho intramolecular Hbond substituents is 1. The number of anilines is 1. The van der Waals surface area contributed by atoms with E-state index in [4.69, 9.17) is 21.1 Å². The number of nitrogens with one attached hydrogen (secondary N) is 1. The molecule has 0 aromatic heterocycles. The lowest BCUT2D eigenvalue weighted by atomic mass is 10.2. The molecule has 20 heavy (non-hydrogen) atoms. The summed E-state index contributed by atoms with van der Waals surface area (Å²) in [5.41, 5.74) is 1.70. The number of aromatic hydroxyl groups is 1. The second-order valence-corrected chi connectivity index (χ2v) is 4.56. The van der Waals surface area contributed by atoms with Gasteiger partial charge in [0.2, 0.25) is 0 Å². The van der Waals surface area contributed by atoms with Crippen LogP contribution >= 0.6 is 11.6 Å². The van der Waals surface area contributed by atoms with E-state index >= 15 is 0 Å². The molecule has 2 aromatic carbocycles. The number of phenols is 1. The Morgan fingerprint density at radius 1 is 1.15 bits per heavy atom. The van der Waals surface area contributed by atoms with Crippen LogP contribution in [0.4, 0.5) is 5.69 Å². The number of ether oxygens (including phenoxy) is 2. The van der Waals surface area contributed by atoms with Crippen molar-refractivity contribution in [3.63, 3.8) is 0 Å². The van der Waals surface area contributed by atoms with Gasteiger partial charge in [0, 0.05) is 18.3 Å². The van der Waals surface area contributed by atoms with Crippen molar-refractivity contribution in [2.45, 2.75) is 6.54 Å². The van der Waals surface area contributed by atoms with Crippen LogP contribution in [0.15, 0.2) is 36.4 Å². The van der Waals surface area contributed by atoms with Crippen LogP contribution in [-0.4, -0.2) is 19.3 Å². The molecule has 0 heterocycles. The highest BCUT2D eigenvalue weighted by molar-refractivity contribution is 6.33. The number of hydrogen-bond donors (Lipinski definition) is 2. The first-order chi connectivity index (χ1) is 9.65. The van der Waals surface area contributed by atoms with E-state index in [-0.39, 0.29) is 5.75 Å². The number of methoxy groups -OCH3 is 2. The summed E-state index contributed by atoms with van der Waals surface area (Å²) in [5.74, 6) is 1.33. The third-order valence-corrected chi connectivity index (χ3v) is 3.31. The molecule has 0 aliphatic carbocycles. The second kappa shape index (κ2) is 6.39. The lowest BCUT2D eigenvalue weighted by Crippen LogP contribution is -2.01. The fourth-order valence-corrected chi connectivity index (χ4v) is 2.18. The standard InChI is InChI=1S/C15H16ClNO3/c1-19-13-7-6-10(14(16)15(13)20-2)9-17-11-4-3-5-12(18)8-11/h3-8,17-18H,9H2,1-2H3. The topological polar surface area (TPSA) is 50.7 Å². The first-order valence-corrected chi connectivity index (χ1v) is 6.45. The number of halogens is 1. The minimum absolute atomic E-state index is 0.216. The van der Waals surface area contributed by atoms with Gasteiger partial charge < -0.3 is 19.9 Å². The van der Waals surface area contributed by atoms with Crippen molar-refractivity contribution in [1.82, 2.24) is 0 Å². The van der Waals surface area contributed by atoms with Crippen LogP contribution < -0.4 is 14.8 Å². The van der Waals surface area contributed by atoms with Crippen LogP contribution in [-0.2, 0) is 6.54 Å². The first-order valence-electron chi connectivity index (χ1n) is 6.08. The molecule has 0 bridgehead atoms. The molecule has 0 fully saturated rings. The maximum absolute atomic E-state index is 9.41. The molecule has 0 aliphatic rings. The van der Waals surface area contributed by atoms with Crippen LogP contribution in [0.25, 0.3) is 0 Å². The molecular formula is C15H16ClNO3. The van der Waals surface area contributed by atoms with E-state index in [0.29, 0.717) is 23.1 Å². The van der Waals surface area contributed by atoms with Gasteiger partial charge >= 0.3 is 0 Å². The SMILES string of the molecule is COc1ccc(CNc2cccc(O)c2)c(Cl)c1OC. The third kappa shape index (κ3) is 3.08. The van der Waals surface area contributed by atoms with E-state index in [0.717, 1.165) is 11.3 Å². The second-order valence-electron chi connectivity index (χ2n) is 4.18. The van der Waals surface area contributed by atoms with Crippen LogP contribution in [0.3, 0.4) is 0 Å². The highest BCUT2D eigenvalue weighted by atomic mass is 35.5. The third-order valence-electron chi connectivity index (χ3n) is 2.89. The number of hydrogen-bond acceptors (Lipinski definition) is 4. The molecule has 2 N–H and O–H groups in total. The zero-order valence-electron chi connectivity index (χ0n) is 11.3. The van der Waals surface area contributed by atoms with E-state index in [1.54, 1.807) is 32.4 Å². The maximum Gasteiger partial charge on any atom is 0.179 e. The Kier molecular flexibility index (Phi) is 4.58. The van der Waals surface area contributed by atoms with Gasteiger partial charge in [-0.25, -0.2) is 0 Å². The molecule has 0 saturated heterocycles. The van der Waals surface area contributed by atoms with E-state index in [9.17, 15) is 5.11 Å². The monoisotopic (exact) mass is 293 g/mol. The van der Waals surface area contributed by atoms with Gasteiger partial charge in [-0.3, -0.25) is 0 Å². The summed E-state index contributed by atoms with van der Waals surface area (Å²) < 4.78 is 10.4. The van der Waals surface area contributed by atoms with Crippen LogP contribution in [0.5, 0.6) is 17.2 Å². The normalized spacial score (nSPS) is 10.2. The average Bonchev–Trinajstić information content (AvgIpc) is 2.45. The van der Waals surface area contributed by atoms with Gasteiger partial charge in [0.25, 0.3) is 0 Å². The van der Waals surface area contributed by atoms with Crippen LogP contribution in [0.1, 0.15) is 5.56 Å². The molecule has 4 nitrogen and oxygen atoms in total. The summed E-state index contributed by atoms with van der Waals surface area (Å²) in [6, 6.07) is 10.6. The van der Waals surface area contributed by atoms with E-state index < -0.39 is 0 Å². The van der Waals surface area contributed by atoms with Crippen molar-refractivity contribution in [1.29, 1.82) is 0 Å². The minimum atomic E-state index is 0.216. The summed E-state index contributed by atoms with van der Waals surface area (Å²) in [5, 5.41) is 13.1. The van der Waals surface area contributed by atoms with Crippen molar-refractivity contribution < 1.29 is 14.6 Å². The summed E-state index contributed by atoms with van der Waals surface area (Å²) in [7, 11) is 3.12. The van der Waals surface area contributed by atoms with Gasteiger partial charge in [-0.2, -0.15) is 0 Å². The smallest absolute Gasteiger partial charge is 0.179 e. The molecule has 0 aliphatic heterocycles. The molecule has 5 heteroatoms. The van der Waals surface area contributed by atoms with Crippen molar-refractivity contribution in [3.05, 3.63) is 47.0 Å². The molecular weight excluding hydrogens is 278 g/mol. The van der Waals surface area contributed by atoms with Crippen LogP contribution in [0.2, 0.25) is 5.02 Å². The van der Waals surface area contributed by atoms with Gasteiger partial charge in [0.1, 0.15) is 5.75 Å². The van der Waals surface area contributed by atoms with Crippen molar-refractivity contribution in [3.8, 4) is 17.2 Å². The molecule has 0 spiro atoms. The molecule has 0 unspecified atom stereocenters. The zero-order valence-corrected chi connectivity index (χ0v) is 12.1. The summed E-state index contributed by atoms with van der Waals surface area (Å²) >= 11 is 6.30. The van der Waals surface area contributed by atoms with Crippen LogP contribution in [0, 0.1) is 0 Å². The Hall–Kier alpha value is -2.07. The predicted octanol–water partition coefficient (Wildman–Crippen LogP) is 3.67. The lowest BCUT2D eigenvalue weighted by Gasteiger charge is -2.13. The van der Waals surface area contributed by atoms with Gasteiger partial charge in [-0.15, -0.1) is 0 Å². The predicted molar refractivity (Wildman–Crippen MR) is 80.0 cm³/mol. The van der Waals surface area contributed by atoms with Crippen molar-refractivity contribution >= 4 is 17.3 Å². The first kappa shape index (κ1) is 14.3. The summed E-state index contributed by atoms with van der Waals surface area (Å²) in [4.78, 5) is 0. The zero-order chi connectivity index (χ0) is 14.5. The minimum Gasteiger partial charge on any atom is -0.508 e. The van der Waals surface area contributed by atoms with E-state index in [2.05, 4.69) is 5.32 Å². The van der Waals surface area contributed by atoms with Crippen molar-refractivity contribution in [2.24, 2.45) is 0 Å².